The van der Waals surface area contributed by atoms with Crippen molar-refractivity contribution < 1.29 is 4.74 Å². The van der Waals surface area contributed by atoms with E-state index >= 15 is 0 Å². The number of fused-ring (bicyclic) bond motifs is 1. The Morgan fingerprint density at radius 3 is 3.18 bits per heavy atom. The van der Waals surface area contributed by atoms with Gasteiger partial charge < -0.3 is 9.64 Å². The fourth-order valence-electron chi connectivity index (χ4n) is 2.34. The number of hydrogen-bond donors (Lipinski definition) is 0. The number of likely N-dealkylation sites (tertiary alicyclic amines) is 1. The normalized spacial score (nSPS) is 40.1. The summed E-state index contributed by atoms with van der Waals surface area (Å²) < 4.78 is 5.54. The van der Waals surface area contributed by atoms with Crippen LogP contribution in [-0.2, 0) is 4.74 Å². The van der Waals surface area contributed by atoms with Gasteiger partial charge in [-0.1, -0.05) is 0 Å². The van der Waals surface area contributed by atoms with Crippen LogP contribution in [0, 0.1) is 5.92 Å². The summed E-state index contributed by atoms with van der Waals surface area (Å²) in [6.45, 7) is 3.24. The molecule has 2 heterocycles. The molecule has 0 amide bonds. The van der Waals surface area contributed by atoms with Gasteiger partial charge in [0, 0.05) is 12.6 Å². The van der Waals surface area contributed by atoms with Crippen LogP contribution in [0.2, 0.25) is 0 Å². The maximum Gasteiger partial charge on any atom is 0.0624 e. The summed E-state index contributed by atoms with van der Waals surface area (Å²) in [6, 6.07) is 0.734. The van der Waals surface area contributed by atoms with Crippen molar-refractivity contribution in [2.75, 3.05) is 26.8 Å². The van der Waals surface area contributed by atoms with Crippen LogP contribution in [0.4, 0.5) is 0 Å². The molecule has 11 heavy (non-hydrogen) atoms. The van der Waals surface area contributed by atoms with Crippen LogP contribution in [0.25, 0.3) is 0 Å². The molecule has 2 unspecified atom stereocenters. The Balaban J connectivity index is 2.00. The van der Waals surface area contributed by atoms with E-state index in [1.807, 2.05) is 0 Å². The summed E-state index contributed by atoms with van der Waals surface area (Å²) in [5.41, 5.74) is 0. The van der Waals surface area contributed by atoms with Crippen LogP contribution in [0.3, 0.4) is 0 Å². The van der Waals surface area contributed by atoms with E-state index in [-0.39, 0.29) is 0 Å². The number of likely N-dealkylation sites (N-methyl/N-ethyl adjacent to an activating group) is 1. The van der Waals surface area contributed by atoms with Crippen molar-refractivity contribution in [3.63, 3.8) is 0 Å². The molecule has 2 rings (SSSR count). The maximum absolute atomic E-state index is 5.54. The first kappa shape index (κ1) is 7.56. The zero-order valence-corrected chi connectivity index (χ0v) is 7.25. The molecule has 2 atom stereocenters. The van der Waals surface area contributed by atoms with Gasteiger partial charge in [-0.15, -0.1) is 0 Å². The van der Waals surface area contributed by atoms with Crippen molar-refractivity contribution in [1.29, 1.82) is 0 Å². The van der Waals surface area contributed by atoms with E-state index < -0.39 is 0 Å². The first-order valence-corrected chi connectivity index (χ1v) is 4.66. The summed E-state index contributed by atoms with van der Waals surface area (Å²) in [5.74, 6) is 0.933. The van der Waals surface area contributed by atoms with Gasteiger partial charge in [0.05, 0.1) is 6.61 Å². The lowest BCUT2D eigenvalue weighted by molar-refractivity contribution is 0.0936. The molecule has 0 spiro atoms. The van der Waals surface area contributed by atoms with Crippen molar-refractivity contribution in [2.24, 2.45) is 5.92 Å². The van der Waals surface area contributed by atoms with E-state index in [1.165, 1.54) is 25.8 Å². The average molecular weight is 155 g/mol. The summed E-state index contributed by atoms with van der Waals surface area (Å²) in [6.07, 6.45) is 4.05. The highest BCUT2D eigenvalue weighted by Crippen LogP contribution is 2.28. The van der Waals surface area contributed by atoms with Gasteiger partial charge >= 0.3 is 0 Å². The monoisotopic (exact) mass is 155 g/mol. The van der Waals surface area contributed by atoms with Crippen molar-refractivity contribution >= 4 is 0 Å². The number of ether oxygens (including phenoxy) is 1. The van der Waals surface area contributed by atoms with Crippen LogP contribution in [0.15, 0.2) is 0 Å². The zero-order valence-electron chi connectivity index (χ0n) is 7.25. The zero-order chi connectivity index (χ0) is 7.68. The molecule has 2 saturated heterocycles. The first-order chi connectivity index (χ1) is 5.38. The third kappa shape index (κ3) is 1.42. The van der Waals surface area contributed by atoms with E-state index in [9.17, 15) is 0 Å². The second kappa shape index (κ2) is 3.11. The molecular weight excluding hydrogens is 138 g/mol. The molecule has 0 aromatic carbocycles. The highest BCUT2D eigenvalue weighted by atomic mass is 16.5. The van der Waals surface area contributed by atoms with Crippen molar-refractivity contribution in [1.82, 2.24) is 4.90 Å². The lowest BCUT2D eigenvalue weighted by atomic mass is 9.97. The summed E-state index contributed by atoms with van der Waals surface area (Å²) in [4.78, 5) is 2.45. The quantitative estimate of drug-likeness (QED) is 0.519. The van der Waals surface area contributed by atoms with Gasteiger partial charge in [-0.05, 0) is 38.8 Å². The molecule has 2 aliphatic rings. The molecule has 64 valence electrons. The second-order valence-electron chi connectivity index (χ2n) is 3.81. The lowest BCUT2D eigenvalue weighted by Crippen LogP contribution is -2.32. The highest BCUT2D eigenvalue weighted by molar-refractivity contribution is 4.86. The SMILES string of the molecule is CN1CCC2CCCOCC21. The molecule has 0 bridgehead atoms. The maximum atomic E-state index is 5.54. The molecule has 0 aliphatic carbocycles. The Morgan fingerprint density at radius 1 is 1.36 bits per heavy atom. The van der Waals surface area contributed by atoms with Crippen LogP contribution < -0.4 is 0 Å². The number of hydrogen-bond acceptors (Lipinski definition) is 2. The molecule has 2 aliphatic heterocycles. The van der Waals surface area contributed by atoms with Gasteiger partial charge in [0.1, 0.15) is 0 Å². The van der Waals surface area contributed by atoms with Crippen molar-refractivity contribution in [2.45, 2.75) is 25.3 Å². The summed E-state index contributed by atoms with van der Waals surface area (Å²) in [5, 5.41) is 0. The average Bonchev–Trinajstić information content (AvgIpc) is 2.25. The minimum atomic E-state index is 0.734. The molecule has 0 aromatic heterocycles. The Hall–Kier alpha value is -0.0800. The van der Waals surface area contributed by atoms with E-state index in [2.05, 4.69) is 11.9 Å². The van der Waals surface area contributed by atoms with Gasteiger partial charge in [0.2, 0.25) is 0 Å². The first-order valence-electron chi connectivity index (χ1n) is 4.66. The topological polar surface area (TPSA) is 12.5 Å². The fraction of sp³-hybridized carbons (Fsp3) is 1.00. The van der Waals surface area contributed by atoms with Crippen molar-refractivity contribution in [3.8, 4) is 0 Å². The van der Waals surface area contributed by atoms with Crippen LogP contribution in [-0.4, -0.2) is 37.7 Å². The Kier molecular flexibility index (Phi) is 2.14. The predicted octanol–water partition coefficient (Wildman–Crippen LogP) is 1.12. The fourth-order valence-corrected chi connectivity index (χ4v) is 2.34. The molecule has 0 aromatic rings. The molecule has 0 N–H and O–H groups in total. The standard InChI is InChI=1S/C9H17NO/c1-10-5-4-8-3-2-6-11-7-9(8)10/h8-9H,2-7H2,1H3. The van der Waals surface area contributed by atoms with E-state index in [0.717, 1.165) is 25.2 Å². The number of nitrogens with zero attached hydrogens (tertiary/aromatic N) is 1. The van der Waals surface area contributed by atoms with Crippen molar-refractivity contribution in [3.05, 3.63) is 0 Å². The van der Waals surface area contributed by atoms with Gasteiger partial charge in [-0.2, -0.15) is 0 Å². The molecular formula is C9H17NO. The van der Waals surface area contributed by atoms with E-state index in [0.29, 0.717) is 0 Å². The Morgan fingerprint density at radius 2 is 2.27 bits per heavy atom. The Bertz CT molecular complexity index is 138. The lowest BCUT2D eigenvalue weighted by Gasteiger charge is -2.21. The third-order valence-electron chi connectivity index (χ3n) is 3.12. The smallest absolute Gasteiger partial charge is 0.0624 e. The molecule has 2 heteroatoms. The minimum absolute atomic E-state index is 0.734. The van der Waals surface area contributed by atoms with Gasteiger partial charge in [-0.25, -0.2) is 0 Å². The molecule has 2 nitrogen and oxygen atoms in total. The van der Waals surface area contributed by atoms with E-state index in [4.69, 9.17) is 4.74 Å². The minimum Gasteiger partial charge on any atom is -0.380 e. The highest BCUT2D eigenvalue weighted by Gasteiger charge is 2.32. The second-order valence-corrected chi connectivity index (χ2v) is 3.81. The predicted molar refractivity (Wildman–Crippen MR) is 44.6 cm³/mol. The third-order valence-corrected chi connectivity index (χ3v) is 3.12. The van der Waals surface area contributed by atoms with E-state index in [1.54, 1.807) is 0 Å². The van der Waals surface area contributed by atoms with Gasteiger partial charge in [0.15, 0.2) is 0 Å². The van der Waals surface area contributed by atoms with Crippen LogP contribution in [0.5, 0.6) is 0 Å². The largest absolute Gasteiger partial charge is 0.380 e. The van der Waals surface area contributed by atoms with Gasteiger partial charge in [-0.3, -0.25) is 0 Å². The molecule has 0 saturated carbocycles. The van der Waals surface area contributed by atoms with Crippen LogP contribution >= 0.6 is 0 Å². The number of rotatable bonds is 0. The Labute approximate surface area is 68.5 Å². The summed E-state index contributed by atoms with van der Waals surface area (Å²) >= 11 is 0. The van der Waals surface area contributed by atoms with Crippen LogP contribution in [0.1, 0.15) is 19.3 Å². The van der Waals surface area contributed by atoms with Gasteiger partial charge in [0.25, 0.3) is 0 Å². The summed E-state index contributed by atoms with van der Waals surface area (Å²) in [7, 11) is 2.22. The molecule has 0 radical (unpaired) electrons. The molecule has 2 fully saturated rings.